The zero-order valence-corrected chi connectivity index (χ0v) is 11.2. The van der Waals surface area contributed by atoms with Gasteiger partial charge in [-0.1, -0.05) is 41.0 Å². The number of rotatable bonds is 6. The SMILES string of the molecule is CC(C)CCCO.CCC(C)C(C)CO. The van der Waals surface area contributed by atoms with Crippen molar-refractivity contribution < 1.29 is 10.2 Å². The van der Waals surface area contributed by atoms with Crippen LogP contribution in [0.1, 0.15) is 53.9 Å². The summed E-state index contributed by atoms with van der Waals surface area (Å²) in [5.41, 5.74) is 0. The molecule has 0 aliphatic carbocycles. The number of aliphatic hydroxyl groups is 2. The van der Waals surface area contributed by atoms with Gasteiger partial charge in [-0.3, -0.25) is 0 Å². The highest BCUT2D eigenvalue weighted by atomic mass is 16.3. The summed E-state index contributed by atoms with van der Waals surface area (Å²) in [7, 11) is 0. The summed E-state index contributed by atoms with van der Waals surface area (Å²) >= 11 is 0. The summed E-state index contributed by atoms with van der Waals surface area (Å²) in [5.74, 6) is 1.88. The van der Waals surface area contributed by atoms with Gasteiger partial charge in [-0.2, -0.15) is 0 Å². The Labute approximate surface area is 95.7 Å². The molecule has 0 aromatic rings. The van der Waals surface area contributed by atoms with Crippen LogP contribution in [-0.4, -0.2) is 23.4 Å². The lowest BCUT2D eigenvalue weighted by atomic mass is 9.95. The first-order valence-electron chi connectivity index (χ1n) is 6.21. The minimum Gasteiger partial charge on any atom is -0.396 e. The first kappa shape index (κ1) is 17.3. The van der Waals surface area contributed by atoms with Gasteiger partial charge in [0, 0.05) is 13.2 Å². The molecule has 0 fully saturated rings. The molecule has 2 N–H and O–H groups in total. The number of hydrogen-bond donors (Lipinski definition) is 2. The van der Waals surface area contributed by atoms with E-state index in [0.717, 1.165) is 18.8 Å². The molecule has 0 spiro atoms. The van der Waals surface area contributed by atoms with Gasteiger partial charge in [0.1, 0.15) is 0 Å². The monoisotopic (exact) mass is 218 g/mol. The average molecular weight is 218 g/mol. The fourth-order valence-corrected chi connectivity index (χ4v) is 1.08. The van der Waals surface area contributed by atoms with Crippen LogP contribution < -0.4 is 0 Å². The molecule has 94 valence electrons. The molecule has 2 heteroatoms. The lowest BCUT2D eigenvalue weighted by Crippen LogP contribution is -2.10. The molecule has 0 aliphatic heterocycles. The number of hydrogen-bond acceptors (Lipinski definition) is 2. The Balaban J connectivity index is 0. The van der Waals surface area contributed by atoms with Crippen LogP contribution in [0.15, 0.2) is 0 Å². The molecule has 0 radical (unpaired) electrons. The molecule has 0 bridgehead atoms. The van der Waals surface area contributed by atoms with Gasteiger partial charge < -0.3 is 10.2 Å². The van der Waals surface area contributed by atoms with Gasteiger partial charge in [-0.25, -0.2) is 0 Å². The maximum absolute atomic E-state index is 8.64. The van der Waals surface area contributed by atoms with Gasteiger partial charge in [0.15, 0.2) is 0 Å². The third kappa shape index (κ3) is 13.9. The Morgan fingerprint density at radius 2 is 1.47 bits per heavy atom. The van der Waals surface area contributed by atoms with E-state index < -0.39 is 0 Å². The Morgan fingerprint density at radius 3 is 1.60 bits per heavy atom. The lowest BCUT2D eigenvalue weighted by Gasteiger charge is -2.13. The van der Waals surface area contributed by atoms with Gasteiger partial charge in [-0.15, -0.1) is 0 Å². The molecule has 0 rings (SSSR count). The maximum Gasteiger partial charge on any atom is 0.0459 e. The molecule has 0 saturated carbocycles. The Hall–Kier alpha value is -0.0800. The van der Waals surface area contributed by atoms with E-state index in [0.29, 0.717) is 25.0 Å². The van der Waals surface area contributed by atoms with E-state index in [1.807, 2.05) is 0 Å². The van der Waals surface area contributed by atoms with Crippen molar-refractivity contribution in [1.29, 1.82) is 0 Å². The Kier molecular flexibility index (Phi) is 13.8. The standard InChI is InChI=1S/C7H16O.C6H14O/c1-4-6(2)7(3)5-8;1-6(2)4-3-5-7/h6-8H,4-5H2,1-3H3;6-7H,3-5H2,1-2H3. The van der Waals surface area contributed by atoms with Crippen molar-refractivity contribution in [2.24, 2.45) is 17.8 Å². The summed E-state index contributed by atoms with van der Waals surface area (Å²) in [6, 6.07) is 0. The van der Waals surface area contributed by atoms with Gasteiger partial charge in [0.05, 0.1) is 0 Å². The van der Waals surface area contributed by atoms with E-state index in [2.05, 4.69) is 34.6 Å². The summed E-state index contributed by atoms with van der Waals surface area (Å²) in [6.45, 7) is 11.4. The lowest BCUT2D eigenvalue weighted by molar-refractivity contribution is 0.193. The average Bonchev–Trinajstić information content (AvgIpc) is 2.24. The van der Waals surface area contributed by atoms with Crippen molar-refractivity contribution in [3.05, 3.63) is 0 Å². The predicted molar refractivity (Wildman–Crippen MR) is 66.9 cm³/mol. The minimum atomic E-state index is 0.328. The topological polar surface area (TPSA) is 40.5 Å². The molecule has 2 atom stereocenters. The second-order valence-corrected chi connectivity index (χ2v) is 4.81. The normalized spacial score (nSPS) is 14.4. The molecule has 15 heavy (non-hydrogen) atoms. The van der Waals surface area contributed by atoms with Gasteiger partial charge in [0.2, 0.25) is 0 Å². The first-order chi connectivity index (χ1) is 6.99. The minimum absolute atomic E-state index is 0.328. The van der Waals surface area contributed by atoms with Crippen LogP contribution >= 0.6 is 0 Å². The van der Waals surface area contributed by atoms with Crippen molar-refractivity contribution in [2.75, 3.05) is 13.2 Å². The van der Waals surface area contributed by atoms with Crippen LogP contribution in [0.5, 0.6) is 0 Å². The second kappa shape index (κ2) is 12.0. The van der Waals surface area contributed by atoms with Crippen LogP contribution in [0.3, 0.4) is 0 Å². The van der Waals surface area contributed by atoms with Crippen LogP contribution in [0.4, 0.5) is 0 Å². The highest BCUT2D eigenvalue weighted by Crippen LogP contribution is 2.12. The molecule has 0 aromatic heterocycles. The summed E-state index contributed by atoms with van der Waals surface area (Å²) in [4.78, 5) is 0. The molecular formula is C13H30O2. The summed E-state index contributed by atoms with van der Waals surface area (Å²) in [6.07, 6.45) is 3.27. The fraction of sp³-hybridized carbons (Fsp3) is 1.00. The van der Waals surface area contributed by atoms with Gasteiger partial charge in [0.25, 0.3) is 0 Å². The van der Waals surface area contributed by atoms with Crippen molar-refractivity contribution in [3.8, 4) is 0 Å². The van der Waals surface area contributed by atoms with E-state index in [-0.39, 0.29) is 0 Å². The predicted octanol–water partition coefficient (Wildman–Crippen LogP) is 3.08. The van der Waals surface area contributed by atoms with Crippen molar-refractivity contribution in [3.63, 3.8) is 0 Å². The summed E-state index contributed by atoms with van der Waals surface area (Å²) in [5, 5.41) is 17.0. The van der Waals surface area contributed by atoms with E-state index in [9.17, 15) is 0 Å². The zero-order valence-electron chi connectivity index (χ0n) is 11.2. The second-order valence-electron chi connectivity index (χ2n) is 4.81. The maximum atomic E-state index is 8.64. The summed E-state index contributed by atoms with van der Waals surface area (Å²) < 4.78 is 0. The third-order valence-corrected chi connectivity index (χ3v) is 2.84. The van der Waals surface area contributed by atoms with Gasteiger partial charge >= 0.3 is 0 Å². The highest BCUT2D eigenvalue weighted by molar-refractivity contribution is 4.57. The quantitative estimate of drug-likeness (QED) is 0.719. The van der Waals surface area contributed by atoms with E-state index in [4.69, 9.17) is 10.2 Å². The van der Waals surface area contributed by atoms with Crippen molar-refractivity contribution in [1.82, 2.24) is 0 Å². The molecule has 0 amide bonds. The molecule has 0 saturated heterocycles. The Bertz CT molecular complexity index is 105. The Morgan fingerprint density at radius 1 is 0.933 bits per heavy atom. The van der Waals surface area contributed by atoms with Crippen molar-refractivity contribution >= 4 is 0 Å². The smallest absolute Gasteiger partial charge is 0.0459 e. The molecule has 2 nitrogen and oxygen atoms in total. The number of aliphatic hydroxyl groups excluding tert-OH is 2. The van der Waals surface area contributed by atoms with E-state index in [1.165, 1.54) is 6.42 Å². The molecule has 2 unspecified atom stereocenters. The van der Waals surface area contributed by atoms with E-state index in [1.54, 1.807) is 0 Å². The third-order valence-electron chi connectivity index (χ3n) is 2.84. The molecule has 0 aliphatic rings. The molecular weight excluding hydrogens is 188 g/mol. The van der Waals surface area contributed by atoms with Crippen LogP contribution in [0.2, 0.25) is 0 Å². The van der Waals surface area contributed by atoms with Gasteiger partial charge in [-0.05, 0) is 30.6 Å². The molecule has 0 aromatic carbocycles. The highest BCUT2D eigenvalue weighted by Gasteiger charge is 2.06. The first-order valence-corrected chi connectivity index (χ1v) is 6.21. The van der Waals surface area contributed by atoms with E-state index >= 15 is 0 Å². The van der Waals surface area contributed by atoms with Crippen molar-refractivity contribution in [2.45, 2.75) is 53.9 Å². The van der Waals surface area contributed by atoms with Crippen LogP contribution in [0, 0.1) is 17.8 Å². The van der Waals surface area contributed by atoms with Crippen LogP contribution in [-0.2, 0) is 0 Å². The molecule has 0 heterocycles. The largest absolute Gasteiger partial charge is 0.396 e. The van der Waals surface area contributed by atoms with Crippen LogP contribution in [0.25, 0.3) is 0 Å². The fourth-order valence-electron chi connectivity index (χ4n) is 1.08. The zero-order chi connectivity index (χ0) is 12.3.